The molecule has 1 amide bonds. The van der Waals surface area contributed by atoms with Crippen molar-refractivity contribution in [1.29, 1.82) is 0 Å². The van der Waals surface area contributed by atoms with Crippen LogP contribution in [0, 0.1) is 11.6 Å². The van der Waals surface area contributed by atoms with Crippen molar-refractivity contribution in [3.63, 3.8) is 0 Å². The number of phenols is 1. The number of nitrogens with one attached hydrogen (secondary N) is 1. The first kappa shape index (κ1) is 13.5. The molecule has 0 aromatic heterocycles. The van der Waals surface area contributed by atoms with Crippen LogP contribution in [0.1, 0.15) is 10.4 Å². The number of rotatable bonds is 2. The molecule has 2 rings (SSSR count). The maximum Gasteiger partial charge on any atom is 0.259 e. The van der Waals surface area contributed by atoms with E-state index in [0.29, 0.717) is 0 Å². The van der Waals surface area contributed by atoms with Crippen LogP contribution < -0.4 is 5.32 Å². The molecule has 0 bridgehead atoms. The summed E-state index contributed by atoms with van der Waals surface area (Å²) >= 11 is 2.99. The lowest BCUT2D eigenvalue weighted by molar-refractivity contribution is 0.102. The molecule has 19 heavy (non-hydrogen) atoms. The topological polar surface area (TPSA) is 49.3 Å². The molecule has 0 radical (unpaired) electrons. The van der Waals surface area contributed by atoms with Gasteiger partial charge in [-0.1, -0.05) is 0 Å². The van der Waals surface area contributed by atoms with E-state index in [-0.39, 0.29) is 15.7 Å². The first-order valence-electron chi connectivity index (χ1n) is 5.22. The first-order chi connectivity index (χ1) is 8.97. The van der Waals surface area contributed by atoms with E-state index in [1.54, 1.807) is 0 Å². The predicted octanol–water partition coefficient (Wildman–Crippen LogP) is 3.69. The summed E-state index contributed by atoms with van der Waals surface area (Å²) in [5.41, 5.74) is 0.138. The Kier molecular flexibility index (Phi) is 3.80. The van der Waals surface area contributed by atoms with Gasteiger partial charge in [-0.05, 0) is 46.3 Å². The average Bonchev–Trinajstić information content (AvgIpc) is 2.33. The van der Waals surface area contributed by atoms with Crippen molar-refractivity contribution in [2.45, 2.75) is 0 Å². The molecular weight excluding hydrogens is 320 g/mol. The lowest BCUT2D eigenvalue weighted by atomic mass is 10.1. The van der Waals surface area contributed by atoms with Crippen LogP contribution in [-0.4, -0.2) is 11.0 Å². The van der Waals surface area contributed by atoms with E-state index in [0.717, 1.165) is 24.3 Å². The van der Waals surface area contributed by atoms with Gasteiger partial charge in [0.1, 0.15) is 17.4 Å². The Morgan fingerprint density at radius 2 is 1.89 bits per heavy atom. The van der Waals surface area contributed by atoms with E-state index < -0.39 is 23.3 Å². The summed E-state index contributed by atoms with van der Waals surface area (Å²) in [5, 5.41) is 11.9. The summed E-state index contributed by atoms with van der Waals surface area (Å²) in [6.45, 7) is 0. The van der Waals surface area contributed by atoms with Gasteiger partial charge in [0.15, 0.2) is 0 Å². The van der Waals surface area contributed by atoms with E-state index in [1.165, 1.54) is 12.1 Å². The highest BCUT2D eigenvalue weighted by atomic mass is 79.9. The molecule has 2 aromatic carbocycles. The van der Waals surface area contributed by atoms with Crippen LogP contribution >= 0.6 is 15.9 Å². The lowest BCUT2D eigenvalue weighted by Gasteiger charge is -2.07. The van der Waals surface area contributed by atoms with Crippen LogP contribution in [-0.2, 0) is 0 Å². The van der Waals surface area contributed by atoms with Gasteiger partial charge >= 0.3 is 0 Å². The number of halogens is 3. The molecule has 0 atom stereocenters. The minimum Gasteiger partial charge on any atom is -0.507 e. The maximum absolute atomic E-state index is 13.3. The molecule has 3 nitrogen and oxygen atoms in total. The Morgan fingerprint density at radius 1 is 1.16 bits per heavy atom. The molecule has 0 aliphatic rings. The number of anilines is 1. The van der Waals surface area contributed by atoms with Crippen LogP contribution in [0.4, 0.5) is 14.5 Å². The summed E-state index contributed by atoms with van der Waals surface area (Å²) in [6.07, 6.45) is 0. The van der Waals surface area contributed by atoms with Gasteiger partial charge in [0.25, 0.3) is 5.91 Å². The van der Waals surface area contributed by atoms with Crippen molar-refractivity contribution >= 4 is 27.5 Å². The first-order valence-corrected chi connectivity index (χ1v) is 6.01. The van der Waals surface area contributed by atoms with Crippen LogP contribution in [0.5, 0.6) is 5.75 Å². The summed E-state index contributed by atoms with van der Waals surface area (Å²) < 4.78 is 26.3. The Balaban J connectivity index is 2.23. The molecule has 0 heterocycles. The van der Waals surface area contributed by atoms with E-state index >= 15 is 0 Å². The molecule has 0 spiro atoms. The summed E-state index contributed by atoms with van der Waals surface area (Å²) in [5.74, 6) is -2.31. The zero-order chi connectivity index (χ0) is 14.0. The van der Waals surface area contributed by atoms with Gasteiger partial charge in [-0.3, -0.25) is 4.79 Å². The van der Waals surface area contributed by atoms with Gasteiger partial charge in [0.2, 0.25) is 0 Å². The molecule has 0 aliphatic carbocycles. The van der Waals surface area contributed by atoms with Gasteiger partial charge in [-0.15, -0.1) is 0 Å². The van der Waals surface area contributed by atoms with Crippen molar-refractivity contribution in [2.75, 3.05) is 5.32 Å². The maximum atomic E-state index is 13.3. The highest BCUT2D eigenvalue weighted by Gasteiger charge is 2.12. The van der Waals surface area contributed by atoms with Crippen LogP contribution in [0.15, 0.2) is 40.9 Å². The van der Waals surface area contributed by atoms with Crippen molar-refractivity contribution in [1.82, 2.24) is 0 Å². The van der Waals surface area contributed by atoms with Gasteiger partial charge in [-0.2, -0.15) is 0 Å². The third-order valence-corrected chi connectivity index (χ3v) is 3.02. The largest absolute Gasteiger partial charge is 0.507 e. The summed E-state index contributed by atoms with van der Waals surface area (Å²) in [7, 11) is 0. The fraction of sp³-hybridized carbons (Fsp3) is 0. The fourth-order valence-electron chi connectivity index (χ4n) is 1.47. The molecule has 0 aliphatic heterocycles. The fourth-order valence-corrected chi connectivity index (χ4v) is 1.72. The minimum absolute atomic E-state index is 0.0928. The molecule has 0 saturated carbocycles. The minimum atomic E-state index is -0.653. The number of carbonyl (C=O) groups excluding carboxylic acids is 1. The smallest absolute Gasteiger partial charge is 0.259 e. The molecule has 6 heteroatoms. The molecule has 0 saturated heterocycles. The number of phenolic OH excluding ortho intramolecular Hbond substituents is 1. The van der Waals surface area contributed by atoms with Crippen molar-refractivity contribution in [3.8, 4) is 5.75 Å². The number of hydrogen-bond acceptors (Lipinski definition) is 2. The van der Waals surface area contributed by atoms with Gasteiger partial charge < -0.3 is 10.4 Å². The van der Waals surface area contributed by atoms with Crippen molar-refractivity contribution in [2.24, 2.45) is 0 Å². The predicted molar refractivity (Wildman–Crippen MR) is 70.1 cm³/mol. The molecule has 2 aromatic rings. The van der Waals surface area contributed by atoms with Crippen LogP contribution in [0.3, 0.4) is 0 Å². The monoisotopic (exact) mass is 327 g/mol. The summed E-state index contributed by atoms with van der Waals surface area (Å²) in [6, 6.07) is 7.09. The molecule has 98 valence electrons. The standard InChI is InChI=1S/C13H8BrF2NO2/c14-10-4-2-8(6-11(10)16)17-13(19)9-3-1-7(15)5-12(9)18/h1-6,18H,(H,17,19). The van der Waals surface area contributed by atoms with Gasteiger partial charge in [-0.25, -0.2) is 8.78 Å². The number of aromatic hydroxyl groups is 1. The van der Waals surface area contributed by atoms with E-state index in [2.05, 4.69) is 21.2 Å². The Labute approximate surface area is 116 Å². The number of carbonyl (C=O) groups is 1. The number of benzene rings is 2. The average molecular weight is 328 g/mol. The van der Waals surface area contributed by atoms with Gasteiger partial charge in [0, 0.05) is 11.8 Å². The van der Waals surface area contributed by atoms with Crippen LogP contribution in [0.25, 0.3) is 0 Å². The second-order valence-electron chi connectivity index (χ2n) is 3.74. The zero-order valence-corrected chi connectivity index (χ0v) is 11.0. The van der Waals surface area contributed by atoms with Crippen molar-refractivity contribution < 1.29 is 18.7 Å². The van der Waals surface area contributed by atoms with E-state index in [4.69, 9.17) is 0 Å². The molecule has 0 unspecified atom stereocenters. The third-order valence-electron chi connectivity index (χ3n) is 2.38. The summed E-state index contributed by atoms with van der Waals surface area (Å²) in [4.78, 5) is 11.8. The van der Waals surface area contributed by atoms with Gasteiger partial charge in [0.05, 0.1) is 10.0 Å². The third kappa shape index (κ3) is 3.08. The lowest BCUT2D eigenvalue weighted by Crippen LogP contribution is -2.12. The Bertz CT molecular complexity index is 647. The number of amides is 1. The van der Waals surface area contributed by atoms with Crippen molar-refractivity contribution in [3.05, 3.63) is 58.1 Å². The Morgan fingerprint density at radius 3 is 2.53 bits per heavy atom. The SMILES string of the molecule is O=C(Nc1ccc(Br)c(F)c1)c1ccc(F)cc1O. The highest BCUT2D eigenvalue weighted by Crippen LogP contribution is 2.22. The second kappa shape index (κ2) is 5.36. The highest BCUT2D eigenvalue weighted by molar-refractivity contribution is 9.10. The molecule has 0 fully saturated rings. The molecular formula is C13H8BrF2NO2. The second-order valence-corrected chi connectivity index (χ2v) is 4.60. The zero-order valence-electron chi connectivity index (χ0n) is 9.45. The number of hydrogen-bond donors (Lipinski definition) is 2. The molecule has 2 N–H and O–H groups in total. The quantitative estimate of drug-likeness (QED) is 0.883. The Hall–Kier alpha value is -1.95. The van der Waals surface area contributed by atoms with Crippen LogP contribution in [0.2, 0.25) is 0 Å². The van der Waals surface area contributed by atoms with E-state index in [1.807, 2.05) is 0 Å². The normalized spacial score (nSPS) is 10.3. The van der Waals surface area contributed by atoms with E-state index in [9.17, 15) is 18.7 Å².